The zero-order valence-electron chi connectivity index (χ0n) is 19.5. The summed E-state index contributed by atoms with van der Waals surface area (Å²) in [5.74, 6) is 0. The number of rotatable bonds is 13. The monoisotopic (exact) mass is 391 g/mol. The van der Waals surface area contributed by atoms with E-state index in [1.165, 1.54) is 47.1 Å². The van der Waals surface area contributed by atoms with Gasteiger partial charge in [0.15, 0.2) is 0 Å². The largest absolute Gasteiger partial charge is 0.293 e. The van der Waals surface area contributed by atoms with Crippen molar-refractivity contribution in [1.29, 1.82) is 0 Å². The summed E-state index contributed by atoms with van der Waals surface area (Å²) in [5.41, 5.74) is 9.99. The molecule has 0 atom stereocenters. The summed E-state index contributed by atoms with van der Waals surface area (Å²) in [6.45, 7) is 16.7. The van der Waals surface area contributed by atoms with Gasteiger partial charge in [-0.3, -0.25) is 4.99 Å². The molecular weight excluding hydrogens is 350 g/mol. The Hall–Kier alpha value is -2.15. The first-order valence-electron chi connectivity index (χ1n) is 11.1. The Kier molecular flexibility index (Phi) is 12.0. The molecule has 0 radical (unpaired) electrons. The lowest BCUT2D eigenvalue weighted by Gasteiger charge is -2.15. The standard InChI is InChI=1S/C28H41N/c1-8-11-14-22(4)26(21-27(29-7)15-12-9-2)18-17-25-19-23(5)28(16-13-10-3)24(6)20-25/h8-9,12,15,19-20H,1-2,10-11,13-14,16-18,21H2,3-7H3/b15-12-,26-22-,29-27+. The molecule has 1 heteroatoms. The quantitative estimate of drug-likeness (QED) is 0.183. The SMILES string of the molecule is C=C/C=C\C(C/C(CCc1cc(C)c(CCCC)c(C)c1)=C(/C)CCC=C)=N/C. The summed E-state index contributed by atoms with van der Waals surface area (Å²) in [5, 5.41) is 0. The van der Waals surface area contributed by atoms with Crippen LogP contribution in [0.1, 0.15) is 74.6 Å². The molecule has 0 aliphatic heterocycles. The molecule has 1 aromatic carbocycles. The van der Waals surface area contributed by atoms with Crippen LogP contribution in [0.4, 0.5) is 0 Å². The minimum absolute atomic E-state index is 0.913. The fraction of sp³-hybridized carbons (Fsp3) is 0.464. The first-order chi connectivity index (χ1) is 14.0. The van der Waals surface area contributed by atoms with Gasteiger partial charge in [0.1, 0.15) is 0 Å². The fourth-order valence-electron chi connectivity index (χ4n) is 3.83. The maximum Gasteiger partial charge on any atom is 0.0385 e. The predicted octanol–water partition coefficient (Wildman–Crippen LogP) is 8.06. The molecule has 158 valence electrons. The van der Waals surface area contributed by atoms with Crippen LogP contribution in [0.2, 0.25) is 0 Å². The van der Waals surface area contributed by atoms with Gasteiger partial charge in [-0.15, -0.1) is 6.58 Å². The van der Waals surface area contributed by atoms with E-state index in [-0.39, 0.29) is 0 Å². The Balaban J connectivity index is 3.01. The summed E-state index contributed by atoms with van der Waals surface area (Å²) in [6, 6.07) is 4.81. The van der Waals surface area contributed by atoms with Crippen molar-refractivity contribution >= 4 is 5.71 Å². The van der Waals surface area contributed by atoms with Gasteiger partial charge < -0.3 is 0 Å². The second-order valence-corrected chi connectivity index (χ2v) is 8.01. The zero-order chi connectivity index (χ0) is 21.6. The lowest BCUT2D eigenvalue weighted by Crippen LogP contribution is -2.03. The maximum absolute atomic E-state index is 4.48. The maximum atomic E-state index is 4.48. The highest BCUT2D eigenvalue weighted by atomic mass is 14.7. The molecule has 0 N–H and O–H groups in total. The van der Waals surface area contributed by atoms with Gasteiger partial charge in [-0.2, -0.15) is 0 Å². The molecule has 0 amide bonds. The van der Waals surface area contributed by atoms with Crippen LogP contribution in [-0.2, 0) is 12.8 Å². The molecule has 0 aromatic heterocycles. The van der Waals surface area contributed by atoms with Crippen molar-refractivity contribution in [3.8, 4) is 0 Å². The number of hydrogen-bond donors (Lipinski definition) is 0. The number of unbranched alkanes of at least 4 members (excludes halogenated alkanes) is 1. The molecule has 1 nitrogen and oxygen atoms in total. The Morgan fingerprint density at radius 3 is 2.31 bits per heavy atom. The number of aliphatic imine (C=N–C) groups is 1. The van der Waals surface area contributed by atoms with Crippen LogP contribution in [0, 0.1) is 13.8 Å². The summed E-state index contributed by atoms with van der Waals surface area (Å²) in [6.07, 6.45) is 16.8. The van der Waals surface area contributed by atoms with E-state index in [1.54, 1.807) is 5.56 Å². The van der Waals surface area contributed by atoms with Crippen LogP contribution in [0.5, 0.6) is 0 Å². The molecule has 1 aromatic rings. The number of nitrogens with zero attached hydrogens (tertiary/aromatic N) is 1. The highest BCUT2D eigenvalue weighted by molar-refractivity contribution is 5.96. The molecule has 0 spiro atoms. The molecule has 0 heterocycles. The van der Waals surface area contributed by atoms with Crippen LogP contribution in [0.15, 0.2) is 65.7 Å². The van der Waals surface area contributed by atoms with Crippen molar-refractivity contribution in [2.75, 3.05) is 7.05 Å². The van der Waals surface area contributed by atoms with E-state index in [9.17, 15) is 0 Å². The molecule has 1 rings (SSSR count). The van der Waals surface area contributed by atoms with E-state index in [0.29, 0.717) is 0 Å². The van der Waals surface area contributed by atoms with Crippen molar-refractivity contribution < 1.29 is 0 Å². The van der Waals surface area contributed by atoms with Crippen molar-refractivity contribution in [1.82, 2.24) is 0 Å². The fourth-order valence-corrected chi connectivity index (χ4v) is 3.83. The summed E-state index contributed by atoms with van der Waals surface area (Å²) in [7, 11) is 1.88. The lowest BCUT2D eigenvalue weighted by molar-refractivity contribution is 0.785. The molecule has 0 aliphatic carbocycles. The van der Waals surface area contributed by atoms with Crippen LogP contribution in [-0.4, -0.2) is 12.8 Å². The minimum Gasteiger partial charge on any atom is -0.293 e. The third-order valence-electron chi connectivity index (χ3n) is 5.69. The molecule has 0 saturated heterocycles. The van der Waals surface area contributed by atoms with Gasteiger partial charge in [0.05, 0.1) is 0 Å². The summed E-state index contributed by atoms with van der Waals surface area (Å²) < 4.78 is 0. The van der Waals surface area contributed by atoms with Gasteiger partial charge in [-0.1, -0.05) is 61.4 Å². The highest BCUT2D eigenvalue weighted by Crippen LogP contribution is 2.24. The lowest BCUT2D eigenvalue weighted by atomic mass is 9.90. The average Bonchev–Trinajstić information content (AvgIpc) is 2.71. The van der Waals surface area contributed by atoms with E-state index in [0.717, 1.165) is 37.8 Å². The van der Waals surface area contributed by atoms with Crippen LogP contribution < -0.4 is 0 Å². The van der Waals surface area contributed by atoms with Crippen molar-refractivity contribution in [3.05, 3.63) is 83.0 Å². The van der Waals surface area contributed by atoms with Gasteiger partial charge >= 0.3 is 0 Å². The number of allylic oxidation sites excluding steroid dienone is 6. The van der Waals surface area contributed by atoms with E-state index in [2.05, 4.69) is 64.1 Å². The van der Waals surface area contributed by atoms with E-state index < -0.39 is 0 Å². The minimum atomic E-state index is 0.913. The Morgan fingerprint density at radius 2 is 1.76 bits per heavy atom. The molecule has 0 fully saturated rings. The van der Waals surface area contributed by atoms with Gasteiger partial charge in [-0.05, 0) is 87.6 Å². The van der Waals surface area contributed by atoms with Crippen LogP contribution >= 0.6 is 0 Å². The van der Waals surface area contributed by atoms with E-state index in [1.807, 2.05) is 25.3 Å². The molecule has 0 unspecified atom stereocenters. The number of hydrogen-bond acceptors (Lipinski definition) is 1. The Morgan fingerprint density at radius 1 is 1.07 bits per heavy atom. The van der Waals surface area contributed by atoms with Gasteiger partial charge in [-0.25, -0.2) is 0 Å². The molecule has 0 saturated carbocycles. The molecular formula is C28H41N. The number of benzene rings is 1. The number of aryl methyl sites for hydroxylation is 3. The molecule has 29 heavy (non-hydrogen) atoms. The highest BCUT2D eigenvalue weighted by Gasteiger charge is 2.09. The van der Waals surface area contributed by atoms with Crippen LogP contribution in [0.25, 0.3) is 0 Å². The zero-order valence-corrected chi connectivity index (χ0v) is 19.5. The molecule has 0 bridgehead atoms. The normalized spacial score (nSPS) is 12.9. The van der Waals surface area contributed by atoms with E-state index >= 15 is 0 Å². The second-order valence-electron chi connectivity index (χ2n) is 8.01. The van der Waals surface area contributed by atoms with Gasteiger partial charge in [0.25, 0.3) is 0 Å². The predicted molar refractivity (Wildman–Crippen MR) is 132 cm³/mol. The smallest absolute Gasteiger partial charge is 0.0385 e. The Bertz CT molecular complexity index is 736. The van der Waals surface area contributed by atoms with Crippen LogP contribution in [0.3, 0.4) is 0 Å². The van der Waals surface area contributed by atoms with Gasteiger partial charge in [0, 0.05) is 19.2 Å². The van der Waals surface area contributed by atoms with Gasteiger partial charge in [0.2, 0.25) is 0 Å². The first kappa shape index (κ1) is 24.9. The summed E-state index contributed by atoms with van der Waals surface area (Å²) in [4.78, 5) is 4.48. The first-order valence-corrected chi connectivity index (χ1v) is 11.1. The molecule has 0 aliphatic rings. The average molecular weight is 392 g/mol. The summed E-state index contributed by atoms with van der Waals surface area (Å²) >= 11 is 0. The van der Waals surface area contributed by atoms with E-state index in [4.69, 9.17) is 0 Å². The van der Waals surface area contributed by atoms with Crippen molar-refractivity contribution in [2.45, 2.75) is 79.1 Å². The second kappa shape index (κ2) is 13.9. The van der Waals surface area contributed by atoms with Crippen molar-refractivity contribution in [3.63, 3.8) is 0 Å². The third kappa shape index (κ3) is 8.81. The topological polar surface area (TPSA) is 12.4 Å². The Labute approximate surface area is 180 Å². The van der Waals surface area contributed by atoms with Crippen molar-refractivity contribution in [2.24, 2.45) is 4.99 Å². The third-order valence-corrected chi connectivity index (χ3v) is 5.69.